The van der Waals surface area contributed by atoms with E-state index in [9.17, 15) is 13.5 Å². The zero-order chi connectivity index (χ0) is 20.0. The molecule has 0 amide bonds. The first-order chi connectivity index (χ1) is 13.5. The summed E-state index contributed by atoms with van der Waals surface area (Å²) >= 11 is 0. The lowest BCUT2D eigenvalue weighted by molar-refractivity contribution is 0.0166. The molecule has 1 heterocycles. The maximum absolute atomic E-state index is 13.4. The molecule has 0 unspecified atom stereocenters. The average Bonchev–Trinajstić information content (AvgIpc) is 2.73. The van der Waals surface area contributed by atoms with Gasteiger partial charge in [-0.3, -0.25) is 9.21 Å². The molecule has 28 heavy (non-hydrogen) atoms. The van der Waals surface area contributed by atoms with Crippen LogP contribution in [0.15, 0.2) is 59.5 Å². The minimum atomic E-state index is -3.87. The van der Waals surface area contributed by atoms with E-state index in [1.54, 1.807) is 54.6 Å². The van der Waals surface area contributed by atoms with Gasteiger partial charge in [0, 0.05) is 19.6 Å². The summed E-state index contributed by atoms with van der Waals surface area (Å²) in [6.45, 7) is 2.97. The normalized spacial score (nSPS) is 16.5. The van der Waals surface area contributed by atoms with Crippen LogP contribution in [0.2, 0.25) is 0 Å². The second-order valence-electron chi connectivity index (χ2n) is 6.59. The van der Waals surface area contributed by atoms with Crippen LogP contribution in [0, 0.1) is 0 Å². The third-order valence-electron chi connectivity index (χ3n) is 4.63. The second-order valence-corrected chi connectivity index (χ2v) is 8.45. The first kappa shape index (κ1) is 20.6. The summed E-state index contributed by atoms with van der Waals surface area (Å²) in [7, 11) is -2.38. The van der Waals surface area contributed by atoms with Gasteiger partial charge in [0.15, 0.2) is 0 Å². The van der Waals surface area contributed by atoms with Crippen LogP contribution in [0.1, 0.15) is 0 Å². The Balaban J connectivity index is 1.90. The summed E-state index contributed by atoms with van der Waals surface area (Å²) in [4.78, 5) is 2.24. The van der Waals surface area contributed by atoms with E-state index in [-0.39, 0.29) is 11.4 Å². The third-order valence-corrected chi connectivity index (χ3v) is 6.43. The third kappa shape index (κ3) is 4.82. The van der Waals surface area contributed by atoms with Crippen LogP contribution in [0.25, 0.3) is 0 Å². The van der Waals surface area contributed by atoms with Crippen molar-refractivity contribution in [1.82, 2.24) is 4.90 Å². The SMILES string of the molecule is COc1ccccc1N(C[C@H](O)CN1CCOCC1)S(=O)(=O)c1ccccc1. The smallest absolute Gasteiger partial charge is 0.264 e. The molecule has 0 aromatic heterocycles. The van der Waals surface area contributed by atoms with Crippen molar-refractivity contribution in [3.63, 3.8) is 0 Å². The number of nitrogens with zero attached hydrogens (tertiary/aromatic N) is 2. The van der Waals surface area contributed by atoms with Crippen molar-refractivity contribution in [2.45, 2.75) is 11.0 Å². The summed E-state index contributed by atoms with van der Waals surface area (Å²) in [5.74, 6) is 0.431. The highest BCUT2D eigenvalue weighted by Crippen LogP contribution is 2.32. The first-order valence-corrected chi connectivity index (χ1v) is 10.7. The van der Waals surface area contributed by atoms with Crippen LogP contribution in [0.4, 0.5) is 5.69 Å². The van der Waals surface area contributed by atoms with E-state index in [2.05, 4.69) is 4.90 Å². The number of hydrogen-bond donors (Lipinski definition) is 1. The Morgan fingerprint density at radius 2 is 1.75 bits per heavy atom. The highest BCUT2D eigenvalue weighted by atomic mass is 32.2. The van der Waals surface area contributed by atoms with E-state index in [0.29, 0.717) is 31.2 Å². The summed E-state index contributed by atoms with van der Waals surface area (Å²) < 4.78 is 38.6. The molecule has 7 nitrogen and oxygen atoms in total. The van der Waals surface area contributed by atoms with Crippen molar-refractivity contribution in [1.29, 1.82) is 0 Å². The molecule has 152 valence electrons. The zero-order valence-corrected chi connectivity index (χ0v) is 16.7. The van der Waals surface area contributed by atoms with Gasteiger partial charge in [-0.05, 0) is 24.3 Å². The van der Waals surface area contributed by atoms with Crippen molar-refractivity contribution < 1.29 is 23.0 Å². The summed E-state index contributed by atoms with van der Waals surface area (Å²) in [5.41, 5.74) is 0.398. The number of methoxy groups -OCH3 is 1. The van der Waals surface area contributed by atoms with Crippen LogP contribution in [-0.4, -0.2) is 71.0 Å². The van der Waals surface area contributed by atoms with Gasteiger partial charge < -0.3 is 14.6 Å². The fourth-order valence-electron chi connectivity index (χ4n) is 3.21. The molecule has 1 N–H and O–H groups in total. The molecule has 0 saturated carbocycles. The molecule has 0 spiro atoms. The van der Waals surface area contributed by atoms with Gasteiger partial charge >= 0.3 is 0 Å². The number of para-hydroxylation sites is 2. The van der Waals surface area contributed by atoms with Gasteiger partial charge in [0.25, 0.3) is 10.0 Å². The number of ether oxygens (including phenoxy) is 2. The van der Waals surface area contributed by atoms with Crippen molar-refractivity contribution in [3.8, 4) is 5.75 Å². The van der Waals surface area contributed by atoms with Gasteiger partial charge in [0.1, 0.15) is 5.75 Å². The molecule has 3 rings (SSSR count). The Morgan fingerprint density at radius 1 is 1.11 bits per heavy atom. The molecule has 1 saturated heterocycles. The van der Waals surface area contributed by atoms with E-state index in [4.69, 9.17) is 9.47 Å². The molecule has 2 aromatic carbocycles. The topological polar surface area (TPSA) is 79.3 Å². The molecular formula is C20H26N2O5S. The van der Waals surface area contributed by atoms with Crippen LogP contribution >= 0.6 is 0 Å². The zero-order valence-electron chi connectivity index (χ0n) is 15.9. The Morgan fingerprint density at radius 3 is 2.43 bits per heavy atom. The van der Waals surface area contributed by atoms with Gasteiger partial charge in [-0.15, -0.1) is 0 Å². The number of anilines is 1. The Hall–Kier alpha value is -2.13. The minimum absolute atomic E-state index is 0.0744. The fraction of sp³-hybridized carbons (Fsp3) is 0.400. The van der Waals surface area contributed by atoms with Crippen LogP contribution in [0.3, 0.4) is 0 Å². The van der Waals surface area contributed by atoms with E-state index < -0.39 is 16.1 Å². The summed E-state index contributed by atoms with van der Waals surface area (Å²) in [5, 5.41) is 10.7. The lowest BCUT2D eigenvalue weighted by Gasteiger charge is -2.32. The molecule has 1 atom stereocenters. The van der Waals surface area contributed by atoms with Crippen molar-refractivity contribution in [2.75, 3.05) is 50.8 Å². The van der Waals surface area contributed by atoms with Crippen LogP contribution in [0.5, 0.6) is 5.75 Å². The number of hydrogen-bond acceptors (Lipinski definition) is 6. The summed E-state index contributed by atoms with van der Waals surface area (Å²) in [6.07, 6.45) is -0.860. The number of rotatable bonds is 8. The maximum atomic E-state index is 13.4. The number of sulfonamides is 1. The highest BCUT2D eigenvalue weighted by molar-refractivity contribution is 7.92. The Bertz CT molecular complexity index is 854. The molecule has 2 aromatic rings. The molecule has 1 aliphatic heterocycles. The van der Waals surface area contributed by atoms with Gasteiger partial charge in [-0.2, -0.15) is 0 Å². The van der Waals surface area contributed by atoms with Gasteiger partial charge in [0.2, 0.25) is 0 Å². The fourth-order valence-corrected chi connectivity index (χ4v) is 4.75. The summed E-state index contributed by atoms with van der Waals surface area (Å²) in [6, 6.07) is 15.1. The van der Waals surface area contributed by atoms with E-state index in [0.717, 1.165) is 13.1 Å². The standard InChI is InChI=1S/C20H26N2O5S/c1-26-20-10-6-5-9-19(20)22(28(24,25)18-7-3-2-4-8-18)16-17(23)15-21-11-13-27-14-12-21/h2-10,17,23H,11-16H2,1H3/t17-/m1/s1. The van der Waals surface area contributed by atoms with Crippen molar-refractivity contribution >= 4 is 15.7 Å². The van der Waals surface area contributed by atoms with E-state index in [1.165, 1.54) is 11.4 Å². The number of morpholine rings is 1. The molecule has 0 bridgehead atoms. The molecule has 1 fully saturated rings. The number of aliphatic hydroxyl groups is 1. The Labute approximate surface area is 166 Å². The first-order valence-electron chi connectivity index (χ1n) is 9.21. The van der Waals surface area contributed by atoms with Gasteiger partial charge in [-0.25, -0.2) is 8.42 Å². The van der Waals surface area contributed by atoms with Crippen LogP contribution < -0.4 is 9.04 Å². The highest BCUT2D eigenvalue weighted by Gasteiger charge is 2.29. The number of benzene rings is 2. The molecule has 1 aliphatic rings. The molecule has 0 aliphatic carbocycles. The predicted molar refractivity (Wildman–Crippen MR) is 107 cm³/mol. The molecule has 8 heteroatoms. The largest absolute Gasteiger partial charge is 0.495 e. The molecule has 0 radical (unpaired) electrons. The molecular weight excluding hydrogens is 380 g/mol. The average molecular weight is 407 g/mol. The van der Waals surface area contributed by atoms with E-state index >= 15 is 0 Å². The maximum Gasteiger partial charge on any atom is 0.264 e. The Kier molecular flexibility index (Phi) is 6.90. The van der Waals surface area contributed by atoms with Crippen LogP contribution in [-0.2, 0) is 14.8 Å². The number of β-amino-alcohol motifs (C(OH)–C–C–N with tert-alkyl or cyclic N) is 1. The predicted octanol–water partition coefficient (Wildman–Crippen LogP) is 1.58. The van der Waals surface area contributed by atoms with Crippen molar-refractivity contribution in [3.05, 3.63) is 54.6 Å². The monoisotopic (exact) mass is 406 g/mol. The lowest BCUT2D eigenvalue weighted by Crippen LogP contribution is -2.46. The van der Waals surface area contributed by atoms with E-state index in [1.807, 2.05) is 0 Å². The quantitative estimate of drug-likeness (QED) is 0.717. The van der Waals surface area contributed by atoms with Gasteiger partial charge in [0.05, 0.1) is 43.6 Å². The number of aliphatic hydroxyl groups excluding tert-OH is 1. The second kappa shape index (κ2) is 9.38. The minimum Gasteiger partial charge on any atom is -0.495 e. The van der Waals surface area contributed by atoms with Gasteiger partial charge in [-0.1, -0.05) is 30.3 Å². The van der Waals surface area contributed by atoms with Crippen molar-refractivity contribution in [2.24, 2.45) is 0 Å². The lowest BCUT2D eigenvalue weighted by atomic mass is 10.2.